The molecule has 0 saturated carbocycles. The van der Waals surface area contributed by atoms with Gasteiger partial charge >= 0.3 is 5.97 Å². The highest BCUT2D eigenvalue weighted by Gasteiger charge is 2.00. The summed E-state index contributed by atoms with van der Waals surface area (Å²) in [6, 6.07) is 7.61. The molecule has 0 fully saturated rings. The Morgan fingerprint density at radius 2 is 1.24 bits per heavy atom. The third-order valence-electron chi connectivity index (χ3n) is 5.37. The molecule has 1 N–H and O–H groups in total. The molecule has 0 spiro atoms. The number of hydrogen-bond acceptors (Lipinski definition) is 2. The van der Waals surface area contributed by atoms with Crippen molar-refractivity contribution < 1.29 is 14.6 Å². The second-order valence-corrected chi connectivity index (χ2v) is 8.15. The number of hydrogen-bond donors (Lipinski definition) is 1. The Labute approximate surface area is 178 Å². The number of aliphatic carboxylic acids is 1. The van der Waals surface area contributed by atoms with Gasteiger partial charge in [0.1, 0.15) is 5.75 Å². The van der Waals surface area contributed by atoms with E-state index in [9.17, 15) is 4.79 Å². The highest BCUT2D eigenvalue weighted by Crippen LogP contribution is 2.16. The first-order valence-corrected chi connectivity index (χ1v) is 11.8. The van der Waals surface area contributed by atoms with E-state index < -0.39 is 5.97 Å². The SMILES string of the molecule is CCCCCCCCCCCCCCCCOc1ccc(/C=C(\C)C(=O)O)cc1. The van der Waals surface area contributed by atoms with E-state index in [1.54, 1.807) is 13.0 Å². The first-order chi connectivity index (χ1) is 14.1. The summed E-state index contributed by atoms with van der Waals surface area (Å²) in [5.41, 5.74) is 1.22. The average molecular weight is 403 g/mol. The van der Waals surface area contributed by atoms with E-state index in [0.717, 1.165) is 24.3 Å². The Morgan fingerprint density at radius 3 is 1.69 bits per heavy atom. The normalized spacial score (nSPS) is 11.6. The van der Waals surface area contributed by atoms with Crippen molar-refractivity contribution in [2.45, 2.75) is 104 Å². The smallest absolute Gasteiger partial charge is 0.331 e. The van der Waals surface area contributed by atoms with Crippen molar-refractivity contribution in [2.24, 2.45) is 0 Å². The van der Waals surface area contributed by atoms with Gasteiger partial charge in [0.05, 0.1) is 6.61 Å². The van der Waals surface area contributed by atoms with Crippen LogP contribution in [0.25, 0.3) is 6.08 Å². The number of ether oxygens (including phenoxy) is 1. The van der Waals surface area contributed by atoms with Crippen LogP contribution in [0.1, 0.15) is 109 Å². The molecule has 0 heterocycles. The molecule has 3 heteroatoms. The van der Waals surface area contributed by atoms with Gasteiger partial charge in [-0.2, -0.15) is 0 Å². The molecule has 164 valence electrons. The third-order valence-corrected chi connectivity index (χ3v) is 5.37. The number of unbranched alkanes of at least 4 members (excludes halogenated alkanes) is 13. The van der Waals surface area contributed by atoms with Crippen molar-refractivity contribution in [1.29, 1.82) is 0 Å². The van der Waals surface area contributed by atoms with E-state index in [0.29, 0.717) is 5.57 Å². The molecule has 1 rings (SSSR count). The van der Waals surface area contributed by atoms with E-state index in [1.165, 1.54) is 83.5 Å². The Morgan fingerprint density at radius 1 is 0.793 bits per heavy atom. The lowest BCUT2D eigenvalue weighted by Gasteiger charge is -2.07. The van der Waals surface area contributed by atoms with Crippen LogP contribution >= 0.6 is 0 Å². The lowest BCUT2D eigenvalue weighted by molar-refractivity contribution is -0.132. The van der Waals surface area contributed by atoms with Crippen LogP contribution in [0.5, 0.6) is 5.75 Å². The van der Waals surface area contributed by atoms with Crippen LogP contribution < -0.4 is 4.74 Å². The minimum Gasteiger partial charge on any atom is -0.494 e. The van der Waals surface area contributed by atoms with Gasteiger partial charge in [-0.25, -0.2) is 4.79 Å². The summed E-state index contributed by atoms with van der Waals surface area (Å²) < 4.78 is 5.78. The average Bonchev–Trinajstić information content (AvgIpc) is 2.72. The number of benzene rings is 1. The summed E-state index contributed by atoms with van der Waals surface area (Å²) in [7, 11) is 0. The van der Waals surface area contributed by atoms with Crippen molar-refractivity contribution in [1.82, 2.24) is 0 Å². The van der Waals surface area contributed by atoms with Crippen molar-refractivity contribution in [3.63, 3.8) is 0 Å². The minimum absolute atomic E-state index is 0.334. The highest BCUT2D eigenvalue weighted by molar-refractivity contribution is 5.91. The third kappa shape index (κ3) is 13.9. The molecule has 0 saturated heterocycles. The second kappa shape index (κ2) is 17.1. The molecule has 0 amide bonds. The van der Waals surface area contributed by atoms with Gasteiger partial charge in [-0.3, -0.25) is 0 Å². The lowest BCUT2D eigenvalue weighted by Crippen LogP contribution is -1.97. The number of carboxylic acids is 1. The monoisotopic (exact) mass is 402 g/mol. The van der Waals surface area contributed by atoms with Crippen molar-refractivity contribution in [2.75, 3.05) is 6.61 Å². The van der Waals surface area contributed by atoms with Gasteiger partial charge in [0.25, 0.3) is 0 Å². The first kappa shape index (κ1) is 25.3. The molecule has 0 bridgehead atoms. The van der Waals surface area contributed by atoms with Gasteiger partial charge in [0.2, 0.25) is 0 Å². The van der Waals surface area contributed by atoms with Crippen LogP contribution in [0.3, 0.4) is 0 Å². The van der Waals surface area contributed by atoms with E-state index in [1.807, 2.05) is 24.3 Å². The van der Waals surface area contributed by atoms with E-state index in [-0.39, 0.29) is 0 Å². The Kier molecular flexibility index (Phi) is 14.9. The second-order valence-electron chi connectivity index (χ2n) is 8.15. The topological polar surface area (TPSA) is 46.5 Å². The number of rotatable bonds is 18. The maximum atomic E-state index is 10.8. The lowest BCUT2D eigenvalue weighted by atomic mass is 10.0. The molecule has 0 aliphatic rings. The van der Waals surface area contributed by atoms with Crippen molar-refractivity contribution in [3.8, 4) is 5.75 Å². The van der Waals surface area contributed by atoms with Gasteiger partial charge in [-0.1, -0.05) is 103 Å². The summed E-state index contributed by atoms with van der Waals surface area (Å²) in [6.45, 7) is 4.63. The van der Waals surface area contributed by atoms with Crippen LogP contribution in [0.2, 0.25) is 0 Å². The van der Waals surface area contributed by atoms with Gasteiger partial charge in [-0.05, 0) is 37.1 Å². The Balaban J connectivity index is 1.93. The predicted molar refractivity (Wildman–Crippen MR) is 124 cm³/mol. The van der Waals surface area contributed by atoms with Crippen molar-refractivity contribution in [3.05, 3.63) is 35.4 Å². The van der Waals surface area contributed by atoms with Crippen LogP contribution in [-0.2, 0) is 4.79 Å². The molecule has 1 aromatic carbocycles. The molecule has 0 aromatic heterocycles. The van der Waals surface area contributed by atoms with Crippen LogP contribution in [0.15, 0.2) is 29.8 Å². The van der Waals surface area contributed by atoms with E-state index in [2.05, 4.69) is 6.92 Å². The van der Waals surface area contributed by atoms with Gasteiger partial charge < -0.3 is 9.84 Å². The zero-order valence-electron chi connectivity index (χ0n) is 18.8. The Bertz CT molecular complexity index is 560. The number of carbonyl (C=O) groups is 1. The number of carboxylic acid groups (broad SMARTS) is 1. The molecular weight excluding hydrogens is 360 g/mol. The summed E-state index contributed by atoms with van der Waals surface area (Å²) in [4.78, 5) is 10.8. The molecule has 0 atom stereocenters. The van der Waals surface area contributed by atoms with E-state index >= 15 is 0 Å². The van der Waals surface area contributed by atoms with Gasteiger partial charge in [0.15, 0.2) is 0 Å². The molecule has 1 aromatic rings. The zero-order valence-corrected chi connectivity index (χ0v) is 18.8. The first-order valence-electron chi connectivity index (χ1n) is 11.8. The predicted octanol–water partition coefficient (Wildman–Crippen LogP) is 8.03. The summed E-state index contributed by atoms with van der Waals surface area (Å²) >= 11 is 0. The zero-order chi connectivity index (χ0) is 21.2. The van der Waals surface area contributed by atoms with E-state index in [4.69, 9.17) is 9.84 Å². The van der Waals surface area contributed by atoms with Crippen molar-refractivity contribution >= 4 is 12.0 Å². The van der Waals surface area contributed by atoms with Crippen LogP contribution in [0.4, 0.5) is 0 Å². The molecule has 3 nitrogen and oxygen atoms in total. The quantitative estimate of drug-likeness (QED) is 0.200. The maximum Gasteiger partial charge on any atom is 0.331 e. The van der Waals surface area contributed by atoms with Gasteiger partial charge in [0, 0.05) is 5.57 Å². The minimum atomic E-state index is -0.886. The van der Waals surface area contributed by atoms with Gasteiger partial charge in [-0.15, -0.1) is 0 Å². The molecule has 29 heavy (non-hydrogen) atoms. The van der Waals surface area contributed by atoms with Crippen LogP contribution in [0, 0.1) is 0 Å². The largest absolute Gasteiger partial charge is 0.494 e. The summed E-state index contributed by atoms with van der Waals surface area (Å²) in [6.07, 6.45) is 20.7. The summed E-state index contributed by atoms with van der Waals surface area (Å²) in [5.74, 6) is -0.0343. The molecule has 0 radical (unpaired) electrons. The Hall–Kier alpha value is -1.77. The van der Waals surface area contributed by atoms with Crippen LogP contribution in [-0.4, -0.2) is 17.7 Å². The highest BCUT2D eigenvalue weighted by atomic mass is 16.5. The summed E-state index contributed by atoms with van der Waals surface area (Å²) in [5, 5.41) is 8.91. The molecular formula is C26H42O3. The fraction of sp³-hybridized carbons (Fsp3) is 0.654. The molecule has 0 aliphatic carbocycles. The fourth-order valence-corrected chi connectivity index (χ4v) is 3.46. The maximum absolute atomic E-state index is 10.8. The molecule has 0 aliphatic heterocycles. The molecule has 0 unspecified atom stereocenters. The standard InChI is InChI=1S/C26H42O3/c1-3-4-5-6-7-8-9-10-11-12-13-14-15-16-21-29-25-19-17-24(18-20-25)22-23(2)26(27)28/h17-20,22H,3-16,21H2,1-2H3,(H,27,28)/b23-22+. The fourth-order valence-electron chi connectivity index (χ4n) is 3.46.